The van der Waals surface area contributed by atoms with Crippen molar-refractivity contribution in [2.45, 2.75) is 32.2 Å². The van der Waals surface area contributed by atoms with E-state index in [1.807, 2.05) is 43.3 Å². The van der Waals surface area contributed by atoms with Crippen molar-refractivity contribution in [3.8, 4) is 11.1 Å². The van der Waals surface area contributed by atoms with Gasteiger partial charge >= 0.3 is 12.1 Å². The number of nitrogens with zero attached hydrogens (tertiary/aromatic N) is 1. The van der Waals surface area contributed by atoms with Crippen molar-refractivity contribution in [2.24, 2.45) is 11.8 Å². The molecule has 2 amide bonds. The summed E-state index contributed by atoms with van der Waals surface area (Å²) in [5.74, 6) is -1.92. The molecule has 7 nitrogen and oxygen atoms in total. The Labute approximate surface area is 187 Å². The van der Waals surface area contributed by atoms with E-state index in [0.29, 0.717) is 13.0 Å². The Bertz CT molecular complexity index is 991. The van der Waals surface area contributed by atoms with Crippen LogP contribution in [-0.2, 0) is 14.3 Å². The molecular formula is C25H28N2O5. The molecule has 4 rings (SSSR count). The fourth-order valence-electron chi connectivity index (χ4n) is 4.81. The highest BCUT2D eigenvalue weighted by Crippen LogP contribution is 2.44. The lowest BCUT2D eigenvalue weighted by molar-refractivity contribution is -0.142. The first-order valence-corrected chi connectivity index (χ1v) is 11.0. The number of aliphatic carboxylic acids is 1. The van der Waals surface area contributed by atoms with Gasteiger partial charge in [0.05, 0.1) is 5.92 Å². The van der Waals surface area contributed by atoms with Gasteiger partial charge in [0.2, 0.25) is 5.91 Å². The fourth-order valence-corrected chi connectivity index (χ4v) is 4.81. The molecule has 1 saturated heterocycles. The summed E-state index contributed by atoms with van der Waals surface area (Å²) in [6.45, 7) is 4.34. The molecule has 2 unspecified atom stereocenters. The number of amides is 2. The summed E-state index contributed by atoms with van der Waals surface area (Å²) in [4.78, 5) is 38.3. The van der Waals surface area contributed by atoms with Gasteiger partial charge in [0.15, 0.2) is 0 Å². The zero-order valence-electron chi connectivity index (χ0n) is 18.3. The molecule has 0 saturated carbocycles. The zero-order chi connectivity index (χ0) is 22.8. The summed E-state index contributed by atoms with van der Waals surface area (Å²) < 4.78 is 5.55. The predicted molar refractivity (Wildman–Crippen MR) is 119 cm³/mol. The minimum atomic E-state index is -0.898. The molecule has 168 valence electrons. The quantitative estimate of drug-likeness (QED) is 0.723. The van der Waals surface area contributed by atoms with E-state index in [9.17, 15) is 19.5 Å². The minimum absolute atomic E-state index is 0.0558. The third kappa shape index (κ3) is 4.07. The number of ether oxygens (including phenoxy) is 1. The predicted octanol–water partition coefficient (Wildman–Crippen LogP) is 3.48. The van der Waals surface area contributed by atoms with Gasteiger partial charge in [-0.15, -0.1) is 0 Å². The van der Waals surface area contributed by atoms with E-state index in [1.165, 1.54) is 4.90 Å². The second-order valence-corrected chi connectivity index (χ2v) is 8.60. The summed E-state index contributed by atoms with van der Waals surface area (Å²) in [7, 11) is 0. The van der Waals surface area contributed by atoms with E-state index in [0.717, 1.165) is 22.3 Å². The number of fused-ring (bicyclic) bond motifs is 3. The van der Waals surface area contributed by atoms with Crippen molar-refractivity contribution in [3.05, 3.63) is 59.7 Å². The monoisotopic (exact) mass is 436 g/mol. The average molecular weight is 437 g/mol. The van der Waals surface area contributed by atoms with E-state index in [1.54, 1.807) is 6.92 Å². The maximum absolute atomic E-state index is 12.9. The summed E-state index contributed by atoms with van der Waals surface area (Å²) in [5, 5.41) is 12.0. The normalized spacial score (nSPS) is 20.4. The van der Waals surface area contributed by atoms with Gasteiger partial charge in [-0.2, -0.15) is 0 Å². The number of alkyl carbamates (subject to hydrolysis) is 1. The molecule has 2 N–H and O–H groups in total. The lowest BCUT2D eigenvalue weighted by Gasteiger charge is -2.23. The van der Waals surface area contributed by atoms with Gasteiger partial charge in [-0.1, -0.05) is 62.4 Å². The molecular weight excluding hydrogens is 408 g/mol. The van der Waals surface area contributed by atoms with Crippen molar-refractivity contribution in [3.63, 3.8) is 0 Å². The van der Waals surface area contributed by atoms with Crippen LogP contribution in [0.15, 0.2) is 48.5 Å². The highest BCUT2D eigenvalue weighted by molar-refractivity contribution is 5.87. The van der Waals surface area contributed by atoms with Crippen LogP contribution in [0.2, 0.25) is 0 Å². The Morgan fingerprint density at radius 3 is 2.19 bits per heavy atom. The molecule has 0 spiro atoms. The second kappa shape index (κ2) is 9.02. The van der Waals surface area contributed by atoms with Crippen LogP contribution in [0, 0.1) is 11.8 Å². The lowest BCUT2D eigenvalue weighted by atomic mass is 9.98. The van der Waals surface area contributed by atoms with Crippen LogP contribution in [0.4, 0.5) is 4.79 Å². The smallest absolute Gasteiger partial charge is 0.407 e. The molecule has 0 aromatic heterocycles. The molecule has 1 aliphatic heterocycles. The fraction of sp³-hybridized carbons (Fsp3) is 0.400. The summed E-state index contributed by atoms with van der Waals surface area (Å²) in [5.41, 5.74) is 4.54. The first-order chi connectivity index (χ1) is 15.4. The van der Waals surface area contributed by atoms with E-state index in [2.05, 4.69) is 17.4 Å². The maximum atomic E-state index is 12.9. The molecule has 32 heavy (non-hydrogen) atoms. The molecule has 1 fully saturated rings. The Kier molecular flexibility index (Phi) is 6.17. The molecule has 1 heterocycles. The largest absolute Gasteiger partial charge is 0.481 e. The van der Waals surface area contributed by atoms with Gasteiger partial charge in [0, 0.05) is 19.0 Å². The lowest BCUT2D eigenvalue weighted by Crippen LogP contribution is -2.48. The van der Waals surface area contributed by atoms with Crippen LogP contribution >= 0.6 is 0 Å². The molecule has 0 radical (unpaired) electrons. The van der Waals surface area contributed by atoms with Crippen molar-refractivity contribution in [1.29, 1.82) is 0 Å². The van der Waals surface area contributed by atoms with Crippen LogP contribution < -0.4 is 5.32 Å². The molecule has 7 heteroatoms. The van der Waals surface area contributed by atoms with Gasteiger partial charge < -0.3 is 20.1 Å². The van der Waals surface area contributed by atoms with Crippen molar-refractivity contribution in [1.82, 2.24) is 10.2 Å². The SMILES string of the molecule is CC[C@@H](NC(=O)OCC1c2ccccc2-c2ccccc21)C(=O)N1CC(C)C(C(=O)O)C1. The number of likely N-dealkylation sites (tertiary alicyclic amines) is 1. The Morgan fingerprint density at radius 2 is 1.66 bits per heavy atom. The van der Waals surface area contributed by atoms with Crippen LogP contribution in [0.5, 0.6) is 0 Å². The second-order valence-electron chi connectivity index (χ2n) is 8.60. The van der Waals surface area contributed by atoms with Crippen LogP contribution in [0.1, 0.15) is 37.3 Å². The molecule has 2 aliphatic rings. The Balaban J connectivity index is 1.38. The maximum Gasteiger partial charge on any atom is 0.407 e. The van der Waals surface area contributed by atoms with Crippen molar-refractivity contribution < 1.29 is 24.2 Å². The highest BCUT2D eigenvalue weighted by atomic mass is 16.5. The zero-order valence-corrected chi connectivity index (χ0v) is 18.3. The van der Waals surface area contributed by atoms with E-state index >= 15 is 0 Å². The van der Waals surface area contributed by atoms with Crippen LogP contribution in [0.25, 0.3) is 11.1 Å². The third-order valence-electron chi connectivity index (χ3n) is 6.58. The summed E-state index contributed by atoms with van der Waals surface area (Å²) >= 11 is 0. The molecule has 2 aromatic carbocycles. The Hall–Kier alpha value is -3.35. The molecule has 3 atom stereocenters. The number of hydrogen-bond acceptors (Lipinski definition) is 4. The van der Waals surface area contributed by atoms with Gasteiger partial charge in [-0.05, 0) is 34.6 Å². The number of benzene rings is 2. The van der Waals surface area contributed by atoms with E-state index < -0.39 is 24.0 Å². The number of carboxylic acid groups (broad SMARTS) is 1. The van der Waals surface area contributed by atoms with E-state index in [-0.39, 0.29) is 30.9 Å². The topological polar surface area (TPSA) is 95.9 Å². The third-order valence-corrected chi connectivity index (χ3v) is 6.58. The van der Waals surface area contributed by atoms with Gasteiger partial charge in [0.1, 0.15) is 12.6 Å². The first kappa shape index (κ1) is 21.9. The van der Waals surface area contributed by atoms with Gasteiger partial charge in [-0.25, -0.2) is 4.79 Å². The van der Waals surface area contributed by atoms with Gasteiger partial charge in [0.25, 0.3) is 0 Å². The molecule has 1 aliphatic carbocycles. The van der Waals surface area contributed by atoms with E-state index in [4.69, 9.17) is 4.74 Å². The number of carbonyl (C=O) groups excluding carboxylic acids is 2. The van der Waals surface area contributed by atoms with Crippen LogP contribution in [0.3, 0.4) is 0 Å². The number of carboxylic acids is 1. The Morgan fingerprint density at radius 1 is 1.06 bits per heavy atom. The first-order valence-electron chi connectivity index (χ1n) is 11.0. The van der Waals surface area contributed by atoms with Crippen molar-refractivity contribution in [2.75, 3.05) is 19.7 Å². The summed E-state index contributed by atoms with van der Waals surface area (Å²) in [6, 6.07) is 15.4. The standard InChI is InChI=1S/C25H28N2O5/c1-3-22(23(28)27-12-15(2)20(13-27)24(29)30)26-25(31)32-14-21-18-10-6-4-8-16(18)17-9-5-7-11-19(17)21/h4-11,15,20-22H,3,12-14H2,1-2H3,(H,26,31)(H,29,30)/t15?,20?,22-/m1/s1. The number of hydrogen-bond donors (Lipinski definition) is 2. The number of carbonyl (C=O) groups is 3. The minimum Gasteiger partial charge on any atom is -0.481 e. The highest BCUT2D eigenvalue weighted by Gasteiger charge is 2.39. The molecule has 0 bridgehead atoms. The van der Waals surface area contributed by atoms with Crippen molar-refractivity contribution >= 4 is 18.0 Å². The summed E-state index contributed by atoms with van der Waals surface area (Å²) in [6.07, 6.45) is -0.250. The molecule has 2 aromatic rings. The van der Waals surface area contributed by atoms with Gasteiger partial charge in [-0.3, -0.25) is 9.59 Å². The van der Waals surface area contributed by atoms with Crippen LogP contribution in [-0.4, -0.2) is 53.7 Å². The average Bonchev–Trinajstić information content (AvgIpc) is 3.34. The number of rotatable bonds is 6. The number of nitrogens with one attached hydrogen (secondary N) is 1.